The first-order valence-electron chi connectivity index (χ1n) is 17.6. The molecule has 6 rings (SSSR count). The maximum Gasteiger partial charge on any atom is 0.117 e. The van der Waals surface area contributed by atoms with Gasteiger partial charge in [-0.1, -0.05) is 74.6 Å². The number of nitrogens with one attached hydrogen (secondary N) is 2. The summed E-state index contributed by atoms with van der Waals surface area (Å²) in [5.41, 5.74) is 12.3. The van der Waals surface area contributed by atoms with Gasteiger partial charge in [0, 0.05) is 70.9 Å². The Balaban J connectivity index is 0.000000175. The van der Waals surface area contributed by atoms with Crippen molar-refractivity contribution in [2.45, 2.75) is 116 Å². The smallest absolute Gasteiger partial charge is 0.117 e. The first kappa shape index (κ1) is 33.2. The number of fused-ring (bicyclic) bond motifs is 2. The van der Waals surface area contributed by atoms with Crippen molar-refractivity contribution in [3.8, 4) is 0 Å². The lowest BCUT2D eigenvalue weighted by molar-refractivity contribution is 0.493. The van der Waals surface area contributed by atoms with Gasteiger partial charge in [-0.15, -0.1) is 0 Å². The van der Waals surface area contributed by atoms with Crippen LogP contribution in [0.15, 0.2) is 54.6 Å². The Morgan fingerprint density at radius 1 is 0.659 bits per heavy atom. The Hall–Kier alpha value is -2.13. The van der Waals surface area contributed by atoms with Gasteiger partial charge in [0.15, 0.2) is 0 Å². The molecule has 4 unspecified atom stereocenters. The third kappa shape index (κ3) is 7.80. The average Bonchev–Trinajstić information content (AvgIpc) is 3.76. The van der Waals surface area contributed by atoms with Gasteiger partial charge in [-0.25, -0.2) is 0 Å². The minimum atomic E-state index is -1.08. The van der Waals surface area contributed by atoms with Crippen molar-refractivity contribution in [2.24, 2.45) is 0 Å². The molecule has 4 aliphatic rings. The van der Waals surface area contributed by atoms with Crippen LogP contribution in [-0.4, -0.2) is 65.0 Å². The van der Waals surface area contributed by atoms with Crippen LogP contribution in [0.3, 0.4) is 0 Å². The highest BCUT2D eigenvalue weighted by Crippen LogP contribution is 2.41. The van der Waals surface area contributed by atoms with E-state index in [-0.39, 0.29) is 11.1 Å². The van der Waals surface area contributed by atoms with Gasteiger partial charge < -0.3 is 19.8 Å². The van der Waals surface area contributed by atoms with Crippen LogP contribution in [0.1, 0.15) is 113 Å². The van der Waals surface area contributed by atoms with Crippen LogP contribution in [-0.2, 0) is 6.42 Å². The predicted octanol–water partition coefficient (Wildman–Crippen LogP) is 7.57. The molecule has 44 heavy (non-hydrogen) atoms. The molecule has 2 aromatic rings. The van der Waals surface area contributed by atoms with E-state index in [9.17, 15) is 0 Å². The van der Waals surface area contributed by atoms with E-state index >= 15 is 0 Å². The third-order valence-electron chi connectivity index (χ3n) is 9.72. The Morgan fingerprint density at radius 3 is 1.59 bits per heavy atom. The van der Waals surface area contributed by atoms with E-state index in [1.165, 1.54) is 79.9 Å². The van der Waals surface area contributed by atoms with Gasteiger partial charge in [0.25, 0.3) is 0 Å². The minimum Gasteiger partial charge on any atom is -0.371 e. The second-order valence-electron chi connectivity index (χ2n) is 15.8. The summed E-state index contributed by atoms with van der Waals surface area (Å²) in [6.45, 7) is 25.8. The lowest BCUT2D eigenvalue weighted by Gasteiger charge is -2.29. The predicted molar refractivity (Wildman–Crippen MR) is 197 cm³/mol. The van der Waals surface area contributed by atoms with Gasteiger partial charge in [-0.2, -0.15) is 0 Å². The molecular formula is C38H60N4Si2. The summed E-state index contributed by atoms with van der Waals surface area (Å²) >= 11 is 0. The van der Waals surface area contributed by atoms with Crippen LogP contribution in [0.2, 0.25) is 13.1 Å². The standard InChI is InChI=1S/C20H32N2Si.C18H28N2Si/c1-6-15-9-10-16-17(13-15)19(23(5)21-20(2,3)4)14-18(16)22-11-7-8-12-22;1-18(2,3)19-21(4)17-13-16(20-11-7-8-12-20)14-9-5-6-10-15(14)17/h9-10,13-14,19,21,23H,6-8,11-12H2,1-5H3;5-6,9-10,13,17,19,21H,7-8,11-12H2,1-4H3. The van der Waals surface area contributed by atoms with E-state index in [0.29, 0.717) is 11.1 Å². The molecule has 2 saturated heterocycles. The molecule has 240 valence electrons. The van der Waals surface area contributed by atoms with Gasteiger partial charge in [0.1, 0.15) is 17.9 Å². The molecule has 0 saturated carbocycles. The van der Waals surface area contributed by atoms with Gasteiger partial charge in [0.05, 0.1) is 0 Å². The lowest BCUT2D eigenvalue weighted by atomic mass is 10.0. The van der Waals surface area contributed by atoms with Crippen molar-refractivity contribution < 1.29 is 0 Å². The molecule has 4 nitrogen and oxygen atoms in total. The van der Waals surface area contributed by atoms with Crippen LogP contribution in [0.5, 0.6) is 0 Å². The summed E-state index contributed by atoms with van der Waals surface area (Å²) in [4.78, 5) is 13.0. The van der Waals surface area contributed by atoms with Crippen LogP contribution in [0, 0.1) is 0 Å². The summed E-state index contributed by atoms with van der Waals surface area (Å²) in [5, 5.41) is 0. The molecule has 2 aliphatic carbocycles. The highest BCUT2D eigenvalue weighted by atomic mass is 28.3. The van der Waals surface area contributed by atoms with E-state index in [4.69, 9.17) is 0 Å². The molecule has 0 spiro atoms. The molecule has 4 atom stereocenters. The fourth-order valence-corrected chi connectivity index (χ4v) is 13.6. The highest BCUT2D eigenvalue weighted by molar-refractivity contribution is 6.58. The maximum atomic E-state index is 3.93. The number of rotatable bonds is 7. The molecular weight excluding hydrogens is 569 g/mol. The number of hydrogen-bond donors (Lipinski definition) is 2. The Bertz CT molecular complexity index is 1340. The fourth-order valence-electron chi connectivity index (χ4n) is 7.90. The molecule has 0 bridgehead atoms. The van der Waals surface area contributed by atoms with Gasteiger partial charge in [0.2, 0.25) is 0 Å². The van der Waals surface area contributed by atoms with E-state index in [0.717, 1.165) is 6.42 Å². The first-order valence-corrected chi connectivity index (χ1v) is 22.4. The summed E-state index contributed by atoms with van der Waals surface area (Å²) in [5.74, 6) is 0. The highest BCUT2D eigenvalue weighted by Gasteiger charge is 2.34. The van der Waals surface area contributed by atoms with Crippen molar-refractivity contribution in [3.05, 3.63) is 82.4 Å². The molecule has 2 aromatic carbocycles. The minimum absolute atomic E-state index is 0.207. The lowest BCUT2D eigenvalue weighted by Crippen LogP contribution is -2.47. The van der Waals surface area contributed by atoms with Crippen molar-refractivity contribution in [1.82, 2.24) is 19.8 Å². The fraction of sp³-hybridized carbons (Fsp3) is 0.579. The largest absolute Gasteiger partial charge is 0.371 e. The summed E-state index contributed by atoms with van der Waals surface area (Å²) < 4.78 is 0. The molecule has 0 amide bonds. The first-order chi connectivity index (χ1) is 20.8. The van der Waals surface area contributed by atoms with E-state index in [1.807, 2.05) is 0 Å². The Morgan fingerprint density at radius 2 is 1.11 bits per heavy atom. The second kappa shape index (κ2) is 13.7. The maximum absolute atomic E-state index is 3.93. The van der Waals surface area contributed by atoms with Gasteiger partial charge in [-0.3, -0.25) is 0 Å². The molecule has 2 heterocycles. The van der Waals surface area contributed by atoms with E-state index in [2.05, 4.69) is 136 Å². The van der Waals surface area contributed by atoms with Crippen LogP contribution < -0.4 is 9.96 Å². The zero-order chi connectivity index (χ0) is 31.6. The number of benzene rings is 2. The van der Waals surface area contributed by atoms with Gasteiger partial charge in [-0.05, 0) is 90.3 Å². The van der Waals surface area contributed by atoms with Crippen LogP contribution in [0.4, 0.5) is 0 Å². The number of allylic oxidation sites excluding steroid dienone is 2. The monoisotopic (exact) mass is 628 g/mol. The number of aryl methyl sites for hydroxylation is 1. The van der Waals surface area contributed by atoms with Crippen molar-refractivity contribution >= 4 is 29.3 Å². The quantitative estimate of drug-likeness (QED) is 0.310. The SMILES string of the molecule is CCc1ccc2c(c1)C([SiH](C)NC(C)(C)C)C=C2N1CCCC1.C[SiH](NC(C)(C)C)C1C=C(N2CCCC2)c2ccccc21. The Kier molecular flexibility index (Phi) is 10.4. The van der Waals surface area contributed by atoms with Crippen molar-refractivity contribution in [2.75, 3.05) is 26.2 Å². The normalized spacial score (nSPS) is 22.7. The molecule has 6 heteroatoms. The van der Waals surface area contributed by atoms with Crippen LogP contribution in [0.25, 0.3) is 11.4 Å². The topological polar surface area (TPSA) is 30.5 Å². The number of hydrogen-bond acceptors (Lipinski definition) is 4. The van der Waals surface area contributed by atoms with E-state index < -0.39 is 17.9 Å². The van der Waals surface area contributed by atoms with Crippen molar-refractivity contribution in [3.63, 3.8) is 0 Å². The molecule has 2 aliphatic heterocycles. The molecule has 0 aromatic heterocycles. The summed E-state index contributed by atoms with van der Waals surface area (Å²) in [7, 11) is -2.13. The molecule has 2 fully saturated rings. The average molecular weight is 629 g/mol. The van der Waals surface area contributed by atoms with Gasteiger partial charge >= 0.3 is 0 Å². The summed E-state index contributed by atoms with van der Waals surface area (Å²) in [6.07, 6.45) is 11.7. The van der Waals surface area contributed by atoms with Crippen LogP contribution >= 0.6 is 0 Å². The number of nitrogens with zero attached hydrogens (tertiary/aromatic N) is 2. The zero-order valence-corrected chi connectivity index (χ0v) is 31.6. The second-order valence-corrected chi connectivity index (χ2v) is 20.9. The molecule has 2 N–H and O–H groups in total. The molecule has 0 radical (unpaired) electrons. The summed E-state index contributed by atoms with van der Waals surface area (Å²) in [6, 6.07) is 16.2. The van der Waals surface area contributed by atoms with Crippen molar-refractivity contribution in [1.29, 1.82) is 0 Å². The van der Waals surface area contributed by atoms with E-state index in [1.54, 1.807) is 11.1 Å². The zero-order valence-electron chi connectivity index (χ0n) is 29.3. The third-order valence-corrected chi connectivity index (χ3v) is 15.6. The number of likely N-dealkylation sites (tertiary alicyclic amines) is 2. The Labute approximate surface area is 272 Å².